The van der Waals surface area contributed by atoms with E-state index in [0.717, 1.165) is 83.5 Å². The third-order valence-electron chi connectivity index (χ3n) is 7.06. The molecule has 0 fully saturated rings. The number of nitrogens with two attached hydrogens (primary N) is 1. The maximum Gasteiger partial charge on any atom is 0.472 e. The Kier molecular flexibility index (Phi) is 30.4. The third kappa shape index (κ3) is 30.5. The van der Waals surface area contributed by atoms with E-state index in [1.165, 1.54) is 32.1 Å². The summed E-state index contributed by atoms with van der Waals surface area (Å²) in [5.41, 5.74) is 5.31. The predicted octanol–water partition coefficient (Wildman–Crippen LogP) is 8.88. The standard InChI is InChI=1S/C34H64NO8P/c1-3-5-7-9-11-13-15-17-19-21-23-25-27-34(37)43-32(31-42-44(38,39)41-29-28-35)30-40-33(36)26-24-22-20-18-16-14-12-10-8-6-4-2/h10-13,32H,3-9,14-31,35H2,1-2H3,(H,38,39)/b12-10+,13-11+/t32-/m1/s1. The van der Waals surface area contributed by atoms with Crippen LogP contribution in [0.3, 0.4) is 0 Å². The Morgan fingerprint density at radius 2 is 1.14 bits per heavy atom. The fourth-order valence-electron chi connectivity index (χ4n) is 4.43. The van der Waals surface area contributed by atoms with Crippen LogP contribution in [-0.2, 0) is 32.7 Å². The summed E-state index contributed by atoms with van der Waals surface area (Å²) in [4.78, 5) is 34.5. The first-order chi connectivity index (χ1) is 21.3. The van der Waals surface area contributed by atoms with E-state index in [-0.39, 0.29) is 32.6 Å². The summed E-state index contributed by atoms with van der Waals surface area (Å²) < 4.78 is 32.5. The van der Waals surface area contributed by atoms with Gasteiger partial charge in [-0.1, -0.05) is 102 Å². The molecular weight excluding hydrogens is 581 g/mol. The van der Waals surface area contributed by atoms with Gasteiger partial charge in [-0.25, -0.2) is 4.57 Å². The van der Waals surface area contributed by atoms with Crippen molar-refractivity contribution >= 4 is 19.8 Å². The van der Waals surface area contributed by atoms with Gasteiger partial charge in [0.25, 0.3) is 0 Å². The van der Waals surface area contributed by atoms with E-state index in [1.54, 1.807) is 0 Å². The highest BCUT2D eigenvalue weighted by molar-refractivity contribution is 7.47. The Bertz CT molecular complexity index is 789. The highest BCUT2D eigenvalue weighted by atomic mass is 31.2. The average molecular weight is 646 g/mol. The summed E-state index contributed by atoms with van der Waals surface area (Å²) in [5, 5.41) is 0. The van der Waals surface area contributed by atoms with Crippen molar-refractivity contribution in [1.29, 1.82) is 0 Å². The summed E-state index contributed by atoms with van der Waals surface area (Å²) in [6.07, 6.45) is 29.2. The van der Waals surface area contributed by atoms with Crippen LogP contribution < -0.4 is 5.73 Å². The van der Waals surface area contributed by atoms with Gasteiger partial charge >= 0.3 is 19.8 Å². The largest absolute Gasteiger partial charge is 0.472 e. The minimum absolute atomic E-state index is 0.0514. The zero-order valence-corrected chi connectivity index (χ0v) is 28.8. The summed E-state index contributed by atoms with van der Waals surface area (Å²) in [6.45, 7) is 3.62. The minimum Gasteiger partial charge on any atom is -0.462 e. The van der Waals surface area contributed by atoms with Crippen LogP contribution in [0.5, 0.6) is 0 Å². The number of phosphoric acid groups is 1. The molecule has 0 saturated carbocycles. The van der Waals surface area contributed by atoms with Crippen molar-refractivity contribution in [1.82, 2.24) is 0 Å². The van der Waals surface area contributed by atoms with Crippen molar-refractivity contribution in [2.24, 2.45) is 5.73 Å². The van der Waals surface area contributed by atoms with Gasteiger partial charge in [-0.15, -0.1) is 0 Å². The predicted molar refractivity (Wildman–Crippen MR) is 178 cm³/mol. The molecule has 0 radical (unpaired) electrons. The number of esters is 2. The first-order valence-corrected chi connectivity index (χ1v) is 18.8. The number of hydrogen-bond acceptors (Lipinski definition) is 8. The summed E-state index contributed by atoms with van der Waals surface area (Å²) in [7, 11) is -4.37. The monoisotopic (exact) mass is 645 g/mol. The third-order valence-corrected chi connectivity index (χ3v) is 8.04. The van der Waals surface area contributed by atoms with E-state index in [4.69, 9.17) is 24.3 Å². The van der Waals surface area contributed by atoms with Crippen molar-refractivity contribution in [3.8, 4) is 0 Å². The molecule has 0 bridgehead atoms. The van der Waals surface area contributed by atoms with Gasteiger partial charge in [0.2, 0.25) is 0 Å². The van der Waals surface area contributed by atoms with Crippen molar-refractivity contribution in [2.75, 3.05) is 26.4 Å². The number of carbonyl (C=O) groups is 2. The van der Waals surface area contributed by atoms with Crippen LogP contribution >= 0.6 is 7.82 Å². The Labute approximate surface area is 268 Å². The molecule has 0 aromatic rings. The van der Waals surface area contributed by atoms with E-state index in [2.05, 4.69) is 38.2 Å². The Morgan fingerprint density at radius 3 is 1.68 bits per heavy atom. The molecule has 0 spiro atoms. The van der Waals surface area contributed by atoms with Gasteiger partial charge in [-0.3, -0.25) is 18.6 Å². The van der Waals surface area contributed by atoms with Gasteiger partial charge in [-0.05, 0) is 57.8 Å². The molecule has 3 N–H and O–H groups in total. The van der Waals surface area contributed by atoms with Crippen LogP contribution in [-0.4, -0.2) is 49.3 Å². The molecule has 0 aromatic heterocycles. The maximum absolute atomic E-state index is 12.5. The topological polar surface area (TPSA) is 134 Å². The van der Waals surface area contributed by atoms with Crippen LogP contribution in [0.1, 0.15) is 149 Å². The molecule has 1 unspecified atom stereocenters. The van der Waals surface area contributed by atoms with Crippen LogP contribution in [0.25, 0.3) is 0 Å². The summed E-state index contributed by atoms with van der Waals surface area (Å²) in [6, 6.07) is 0. The second kappa shape index (κ2) is 31.5. The quantitative estimate of drug-likeness (QED) is 0.0318. The SMILES string of the molecule is CCCC/C=C/CCCCCCCC(=O)OC[C@H](COP(=O)(O)OCCN)OC(=O)CCCCCCC/C=C/CCCCC. The van der Waals surface area contributed by atoms with Crippen LogP contribution in [0.4, 0.5) is 0 Å². The molecule has 0 saturated heterocycles. The molecule has 258 valence electrons. The van der Waals surface area contributed by atoms with Gasteiger partial charge in [0.1, 0.15) is 6.61 Å². The second-order valence-corrected chi connectivity index (χ2v) is 12.8. The number of phosphoric ester groups is 1. The molecule has 0 aliphatic rings. The number of unbranched alkanes of at least 4 members (excludes halogenated alkanes) is 15. The number of carbonyl (C=O) groups excluding carboxylic acids is 2. The molecular formula is C34H64NO8P. The lowest BCUT2D eigenvalue weighted by Gasteiger charge is -2.19. The Morgan fingerprint density at radius 1 is 0.659 bits per heavy atom. The number of allylic oxidation sites excluding steroid dienone is 4. The van der Waals surface area contributed by atoms with E-state index >= 15 is 0 Å². The molecule has 0 heterocycles. The summed E-state index contributed by atoms with van der Waals surface area (Å²) in [5.74, 6) is -0.854. The van der Waals surface area contributed by atoms with Gasteiger partial charge in [0.05, 0.1) is 13.2 Å². The van der Waals surface area contributed by atoms with Gasteiger partial charge < -0.3 is 20.1 Å². The summed E-state index contributed by atoms with van der Waals surface area (Å²) >= 11 is 0. The van der Waals surface area contributed by atoms with Gasteiger partial charge in [-0.2, -0.15) is 0 Å². The molecule has 9 nitrogen and oxygen atoms in total. The van der Waals surface area contributed by atoms with Gasteiger partial charge in [0, 0.05) is 19.4 Å². The Hall–Kier alpha value is -1.51. The zero-order valence-electron chi connectivity index (χ0n) is 27.9. The molecule has 10 heteroatoms. The number of ether oxygens (including phenoxy) is 2. The lowest BCUT2D eigenvalue weighted by molar-refractivity contribution is -0.161. The maximum atomic E-state index is 12.5. The number of hydrogen-bond donors (Lipinski definition) is 2. The van der Waals surface area contributed by atoms with E-state index < -0.39 is 32.5 Å². The first kappa shape index (κ1) is 42.5. The Balaban J connectivity index is 4.31. The smallest absolute Gasteiger partial charge is 0.462 e. The van der Waals surface area contributed by atoms with E-state index in [9.17, 15) is 19.0 Å². The lowest BCUT2D eigenvalue weighted by atomic mass is 10.1. The van der Waals surface area contributed by atoms with Crippen molar-refractivity contribution in [2.45, 2.75) is 155 Å². The second-order valence-electron chi connectivity index (χ2n) is 11.4. The fourth-order valence-corrected chi connectivity index (χ4v) is 5.20. The fraction of sp³-hybridized carbons (Fsp3) is 0.824. The zero-order chi connectivity index (χ0) is 32.6. The molecule has 0 aromatic carbocycles. The highest BCUT2D eigenvalue weighted by Gasteiger charge is 2.25. The first-order valence-electron chi connectivity index (χ1n) is 17.3. The number of rotatable bonds is 32. The molecule has 44 heavy (non-hydrogen) atoms. The lowest BCUT2D eigenvalue weighted by Crippen LogP contribution is -2.29. The van der Waals surface area contributed by atoms with Gasteiger partial charge in [0.15, 0.2) is 6.10 Å². The molecule has 0 aliphatic carbocycles. The van der Waals surface area contributed by atoms with Crippen LogP contribution in [0.2, 0.25) is 0 Å². The van der Waals surface area contributed by atoms with E-state index in [1.807, 2.05) is 0 Å². The van der Waals surface area contributed by atoms with Crippen LogP contribution in [0.15, 0.2) is 24.3 Å². The molecule has 0 aliphatic heterocycles. The minimum atomic E-state index is -4.37. The van der Waals surface area contributed by atoms with E-state index in [0.29, 0.717) is 6.42 Å². The normalized spacial score (nSPS) is 13.8. The highest BCUT2D eigenvalue weighted by Crippen LogP contribution is 2.43. The average Bonchev–Trinajstić information content (AvgIpc) is 3.00. The van der Waals surface area contributed by atoms with Crippen molar-refractivity contribution in [3.63, 3.8) is 0 Å². The van der Waals surface area contributed by atoms with Crippen molar-refractivity contribution < 1.29 is 37.6 Å². The van der Waals surface area contributed by atoms with Crippen molar-refractivity contribution in [3.05, 3.63) is 24.3 Å². The molecule has 2 atom stereocenters. The molecule has 0 rings (SSSR count). The van der Waals surface area contributed by atoms with Crippen LogP contribution in [0, 0.1) is 0 Å². The molecule has 0 amide bonds.